The molecule has 1 aliphatic rings. The van der Waals surface area contributed by atoms with Crippen molar-refractivity contribution in [3.05, 3.63) is 89.8 Å². The van der Waals surface area contributed by atoms with Crippen LogP contribution in [0.4, 0.5) is 10.1 Å². The lowest BCUT2D eigenvalue weighted by Gasteiger charge is -2.36. The van der Waals surface area contributed by atoms with Gasteiger partial charge in [-0.15, -0.1) is 0 Å². The van der Waals surface area contributed by atoms with Crippen molar-refractivity contribution in [2.75, 3.05) is 18.4 Å². The van der Waals surface area contributed by atoms with Crippen LogP contribution in [0.5, 0.6) is 0 Å². The number of carbonyl (C=O) groups is 1. The number of hydrogen-bond donors (Lipinski definition) is 1. The number of furan rings is 2. The van der Waals surface area contributed by atoms with E-state index in [9.17, 15) is 9.18 Å². The third-order valence-corrected chi connectivity index (χ3v) is 6.20. The molecule has 0 radical (unpaired) electrons. The molecule has 0 spiro atoms. The van der Waals surface area contributed by atoms with E-state index in [-0.39, 0.29) is 23.5 Å². The highest BCUT2D eigenvalue weighted by atomic mass is 19.1. The number of anilines is 1. The minimum Gasteiger partial charge on any atom is -0.459 e. The van der Waals surface area contributed by atoms with E-state index in [1.165, 1.54) is 12.3 Å². The van der Waals surface area contributed by atoms with Crippen LogP contribution < -0.4 is 5.32 Å². The number of nitrogens with zero attached hydrogens (tertiary/aromatic N) is 1. The van der Waals surface area contributed by atoms with Crippen LogP contribution in [0.25, 0.3) is 11.0 Å². The van der Waals surface area contributed by atoms with Crippen LogP contribution in [-0.2, 0) is 0 Å². The minimum atomic E-state index is -0.354. The van der Waals surface area contributed by atoms with Gasteiger partial charge >= 0.3 is 0 Å². The number of rotatable bonds is 5. The molecule has 1 saturated heterocycles. The second-order valence-electron chi connectivity index (χ2n) is 8.44. The van der Waals surface area contributed by atoms with Crippen molar-refractivity contribution in [3.8, 4) is 0 Å². The van der Waals surface area contributed by atoms with E-state index in [1.54, 1.807) is 24.3 Å². The summed E-state index contributed by atoms with van der Waals surface area (Å²) in [6.07, 6.45) is 3.58. The molecule has 5 rings (SSSR count). The predicted molar refractivity (Wildman–Crippen MR) is 121 cm³/mol. The Kier molecular flexibility index (Phi) is 5.53. The molecule has 3 heterocycles. The van der Waals surface area contributed by atoms with Crippen molar-refractivity contribution in [3.63, 3.8) is 0 Å². The molecule has 1 fully saturated rings. The molecule has 1 amide bonds. The van der Waals surface area contributed by atoms with E-state index in [1.807, 2.05) is 30.3 Å². The Bertz CT molecular complexity index is 1220. The van der Waals surface area contributed by atoms with Crippen molar-refractivity contribution in [1.29, 1.82) is 0 Å². The van der Waals surface area contributed by atoms with Gasteiger partial charge in [0, 0.05) is 5.39 Å². The molecule has 6 heteroatoms. The highest BCUT2D eigenvalue weighted by Gasteiger charge is 2.32. The van der Waals surface area contributed by atoms with Crippen molar-refractivity contribution >= 4 is 22.6 Å². The van der Waals surface area contributed by atoms with Crippen LogP contribution in [0.15, 0.2) is 75.8 Å². The number of halogens is 1. The summed E-state index contributed by atoms with van der Waals surface area (Å²) in [5.74, 6) is 0.818. The summed E-state index contributed by atoms with van der Waals surface area (Å²) in [5.41, 5.74) is 2.06. The SMILES string of the molecule is CC1CCN(C(c2cccc(F)c2)c2oc3ccccc3c2NC(=O)c2ccco2)CC1. The van der Waals surface area contributed by atoms with Crippen LogP contribution in [0.2, 0.25) is 0 Å². The standard InChI is InChI=1S/C26H25FN2O3/c1-17-11-13-29(14-12-17)24(18-6-4-7-19(27)16-18)25-23(20-8-2-3-9-21(20)32-25)28-26(30)22-10-5-15-31-22/h2-10,15-17,24H,11-14H2,1H3,(H,28,30). The molecular formula is C26H25FN2O3. The van der Waals surface area contributed by atoms with Crippen LogP contribution in [-0.4, -0.2) is 23.9 Å². The second kappa shape index (κ2) is 8.63. The van der Waals surface area contributed by atoms with E-state index in [0.29, 0.717) is 22.9 Å². The molecule has 2 aromatic heterocycles. The molecule has 0 bridgehead atoms. The fraction of sp³-hybridized carbons (Fsp3) is 0.269. The van der Waals surface area contributed by atoms with Crippen LogP contribution in [0.1, 0.15) is 47.7 Å². The second-order valence-corrected chi connectivity index (χ2v) is 8.44. The molecular weight excluding hydrogens is 407 g/mol. The molecule has 0 saturated carbocycles. The van der Waals surface area contributed by atoms with Gasteiger partial charge in [0.25, 0.3) is 5.91 Å². The zero-order valence-corrected chi connectivity index (χ0v) is 17.9. The highest BCUT2D eigenvalue weighted by Crippen LogP contribution is 2.41. The average molecular weight is 432 g/mol. The summed E-state index contributed by atoms with van der Waals surface area (Å²) in [4.78, 5) is 15.2. The maximum Gasteiger partial charge on any atom is 0.291 e. The summed E-state index contributed by atoms with van der Waals surface area (Å²) >= 11 is 0. The number of likely N-dealkylation sites (tertiary alicyclic amines) is 1. The number of nitrogens with one attached hydrogen (secondary N) is 1. The van der Waals surface area contributed by atoms with Gasteiger partial charge in [-0.05, 0) is 73.8 Å². The van der Waals surface area contributed by atoms with Crippen molar-refractivity contribution < 1.29 is 18.0 Å². The molecule has 4 aromatic rings. The topological polar surface area (TPSA) is 58.6 Å². The largest absolute Gasteiger partial charge is 0.459 e. The molecule has 2 aromatic carbocycles. The zero-order valence-electron chi connectivity index (χ0n) is 17.9. The fourth-order valence-corrected chi connectivity index (χ4v) is 4.46. The number of benzene rings is 2. The number of fused-ring (bicyclic) bond motifs is 1. The summed E-state index contributed by atoms with van der Waals surface area (Å²) in [6, 6.07) is 17.2. The van der Waals surface area contributed by atoms with E-state index >= 15 is 0 Å². The van der Waals surface area contributed by atoms with Crippen LogP contribution in [0, 0.1) is 11.7 Å². The Morgan fingerprint density at radius 1 is 1.09 bits per heavy atom. The minimum absolute atomic E-state index is 0.218. The Balaban J connectivity index is 1.64. The van der Waals surface area contributed by atoms with Gasteiger partial charge in [-0.3, -0.25) is 9.69 Å². The highest BCUT2D eigenvalue weighted by molar-refractivity contribution is 6.08. The van der Waals surface area contributed by atoms with Crippen molar-refractivity contribution in [2.24, 2.45) is 5.92 Å². The first kappa shape index (κ1) is 20.5. The smallest absolute Gasteiger partial charge is 0.291 e. The lowest BCUT2D eigenvalue weighted by Crippen LogP contribution is -2.37. The van der Waals surface area contributed by atoms with Crippen molar-refractivity contribution in [2.45, 2.75) is 25.8 Å². The predicted octanol–water partition coefficient (Wildman–Crippen LogP) is 6.24. The maximum atomic E-state index is 14.2. The molecule has 164 valence electrons. The number of amides is 1. The van der Waals surface area contributed by atoms with E-state index in [4.69, 9.17) is 8.83 Å². The monoisotopic (exact) mass is 432 g/mol. The molecule has 5 nitrogen and oxygen atoms in total. The summed E-state index contributed by atoms with van der Waals surface area (Å²) < 4.78 is 25.9. The zero-order chi connectivity index (χ0) is 22.1. The number of carbonyl (C=O) groups excluding carboxylic acids is 1. The molecule has 1 unspecified atom stereocenters. The van der Waals surface area contributed by atoms with Crippen LogP contribution in [0.3, 0.4) is 0 Å². The third kappa shape index (κ3) is 3.94. The Hall–Kier alpha value is -3.38. The summed E-state index contributed by atoms with van der Waals surface area (Å²) in [7, 11) is 0. The van der Waals surface area contributed by atoms with Gasteiger partial charge in [0.05, 0.1) is 18.0 Å². The summed E-state index contributed by atoms with van der Waals surface area (Å²) in [5, 5.41) is 3.80. The van der Waals surface area contributed by atoms with Gasteiger partial charge in [-0.25, -0.2) is 4.39 Å². The van der Waals surface area contributed by atoms with E-state index in [0.717, 1.165) is 36.9 Å². The molecule has 0 aliphatic carbocycles. The first-order valence-electron chi connectivity index (χ1n) is 11.0. The van der Waals surface area contributed by atoms with Crippen molar-refractivity contribution in [1.82, 2.24) is 4.90 Å². The van der Waals surface area contributed by atoms with Gasteiger partial charge in [0.15, 0.2) is 5.76 Å². The molecule has 32 heavy (non-hydrogen) atoms. The summed E-state index contributed by atoms with van der Waals surface area (Å²) in [6.45, 7) is 3.99. The lowest BCUT2D eigenvalue weighted by molar-refractivity contribution is 0.0995. The van der Waals surface area contributed by atoms with Gasteiger partial charge in [0.2, 0.25) is 0 Å². The van der Waals surface area contributed by atoms with E-state index in [2.05, 4.69) is 17.1 Å². The maximum absolute atomic E-state index is 14.2. The third-order valence-electron chi connectivity index (χ3n) is 6.20. The molecule has 1 atom stereocenters. The molecule has 1 aliphatic heterocycles. The Labute approximate surface area is 185 Å². The first-order chi connectivity index (χ1) is 15.6. The Morgan fingerprint density at radius 3 is 2.66 bits per heavy atom. The van der Waals surface area contributed by atoms with E-state index < -0.39 is 0 Å². The normalized spacial score (nSPS) is 16.3. The number of para-hydroxylation sites is 1. The van der Waals surface area contributed by atoms with Gasteiger partial charge in [-0.1, -0.05) is 31.2 Å². The Morgan fingerprint density at radius 2 is 1.91 bits per heavy atom. The fourth-order valence-electron chi connectivity index (χ4n) is 4.46. The van der Waals surface area contributed by atoms with Gasteiger partial charge in [0.1, 0.15) is 17.2 Å². The number of hydrogen-bond acceptors (Lipinski definition) is 4. The lowest BCUT2D eigenvalue weighted by atomic mass is 9.94. The van der Waals surface area contributed by atoms with Crippen LogP contribution >= 0.6 is 0 Å². The average Bonchev–Trinajstić information content (AvgIpc) is 3.45. The first-order valence-corrected chi connectivity index (χ1v) is 11.0. The van der Waals surface area contributed by atoms with Gasteiger partial charge in [-0.2, -0.15) is 0 Å². The quantitative estimate of drug-likeness (QED) is 0.406. The van der Waals surface area contributed by atoms with Gasteiger partial charge < -0.3 is 14.2 Å². The number of piperidine rings is 1. The molecule has 1 N–H and O–H groups in total.